The number of aryl methyl sites for hydroxylation is 1. The number of nitrogens with one attached hydrogen (secondary N) is 5. The highest BCUT2D eigenvalue weighted by Crippen LogP contribution is 2.37. The normalized spacial score (nSPS) is 20.1. The number of unbranched alkanes of at least 4 members (excludes halogenated alkanes) is 2. The van der Waals surface area contributed by atoms with Crippen molar-refractivity contribution < 1.29 is 33.9 Å². The standard InChI is InChI=1S/C40H52ClN11O7S/c1-50-31(15-23-5-6-23)26(16-46-50)36-29(41)17-45-39(49-36)47-24-7-9-25(10-8-24)51(40(58)59)21-35(55)43-14-4-2-3-13-42-19-34(54)44-18-32-27-20-52(38(57)28(27)22-60-32)30-11-12-33(53)48-37(30)56/h16-17,22-25,30,42H,2-15,18-21H2,1H3,(H,43,55)(H,44,54)(H,58,59)(H,45,47,49)(H,48,53,56)/t24-,25-,30?. The molecule has 6 N–H and O–H groups in total. The van der Waals surface area contributed by atoms with Crippen molar-refractivity contribution in [3.63, 3.8) is 0 Å². The Morgan fingerprint density at radius 3 is 2.52 bits per heavy atom. The molecule has 60 heavy (non-hydrogen) atoms. The average Bonchev–Trinajstić information content (AvgIpc) is 3.73. The summed E-state index contributed by atoms with van der Waals surface area (Å²) in [6.07, 6.45) is 11.0. The lowest BCUT2D eigenvalue weighted by Crippen LogP contribution is -2.52. The molecule has 3 aromatic heterocycles. The van der Waals surface area contributed by atoms with Crippen LogP contribution in [0.1, 0.15) is 97.1 Å². The van der Waals surface area contributed by atoms with Crippen LogP contribution in [0.2, 0.25) is 5.02 Å². The summed E-state index contributed by atoms with van der Waals surface area (Å²) in [6.45, 7) is 1.45. The van der Waals surface area contributed by atoms with Gasteiger partial charge in [0.15, 0.2) is 0 Å². The van der Waals surface area contributed by atoms with E-state index >= 15 is 0 Å². The van der Waals surface area contributed by atoms with Crippen LogP contribution in [-0.2, 0) is 45.7 Å². The van der Waals surface area contributed by atoms with Crippen molar-refractivity contribution in [1.82, 2.24) is 50.8 Å². The monoisotopic (exact) mass is 865 g/mol. The van der Waals surface area contributed by atoms with Crippen molar-refractivity contribution >= 4 is 64.5 Å². The van der Waals surface area contributed by atoms with Crippen LogP contribution >= 0.6 is 22.9 Å². The zero-order valence-corrected chi connectivity index (χ0v) is 35.2. The predicted molar refractivity (Wildman–Crippen MR) is 222 cm³/mol. The molecule has 1 unspecified atom stereocenters. The largest absolute Gasteiger partial charge is 0.465 e. The number of rotatable bonds is 19. The number of amides is 6. The smallest absolute Gasteiger partial charge is 0.408 e. The van der Waals surface area contributed by atoms with Gasteiger partial charge in [-0.15, -0.1) is 11.3 Å². The molecule has 7 rings (SSSR count). The van der Waals surface area contributed by atoms with Crippen LogP contribution in [0.15, 0.2) is 17.8 Å². The summed E-state index contributed by atoms with van der Waals surface area (Å²) in [6, 6.07) is -0.910. The molecule has 0 aromatic carbocycles. The fourth-order valence-corrected chi connectivity index (χ4v) is 9.34. The van der Waals surface area contributed by atoms with E-state index in [4.69, 9.17) is 16.6 Å². The third-order valence-corrected chi connectivity index (χ3v) is 13.0. The summed E-state index contributed by atoms with van der Waals surface area (Å²) in [5.74, 6) is -0.416. The first kappa shape index (κ1) is 43.0. The van der Waals surface area contributed by atoms with E-state index < -0.39 is 18.0 Å². The summed E-state index contributed by atoms with van der Waals surface area (Å²) in [4.78, 5) is 87.0. The summed E-state index contributed by atoms with van der Waals surface area (Å²) in [7, 11) is 1.93. The van der Waals surface area contributed by atoms with Crippen molar-refractivity contribution in [1.29, 1.82) is 0 Å². The van der Waals surface area contributed by atoms with E-state index in [9.17, 15) is 33.9 Å². The van der Waals surface area contributed by atoms with Crippen LogP contribution in [0.5, 0.6) is 0 Å². The second-order valence-electron chi connectivity index (χ2n) is 16.0. The molecule has 3 fully saturated rings. The minimum absolute atomic E-state index is 0.0465. The van der Waals surface area contributed by atoms with E-state index in [0.29, 0.717) is 79.8 Å². The number of imide groups is 1. The van der Waals surface area contributed by atoms with Gasteiger partial charge in [0, 0.05) is 60.2 Å². The quantitative estimate of drug-likeness (QED) is 0.0754. The first-order valence-electron chi connectivity index (χ1n) is 20.7. The van der Waals surface area contributed by atoms with E-state index in [1.54, 1.807) is 17.8 Å². The van der Waals surface area contributed by atoms with Crippen molar-refractivity contribution in [3.05, 3.63) is 44.5 Å². The lowest BCUT2D eigenvalue weighted by atomic mass is 9.90. The molecule has 2 saturated carbocycles. The van der Waals surface area contributed by atoms with Crippen molar-refractivity contribution in [3.8, 4) is 11.3 Å². The van der Waals surface area contributed by atoms with E-state index in [1.807, 2.05) is 11.7 Å². The highest BCUT2D eigenvalue weighted by Gasteiger charge is 2.40. The Morgan fingerprint density at radius 2 is 1.77 bits per heavy atom. The zero-order valence-electron chi connectivity index (χ0n) is 33.6. The van der Waals surface area contributed by atoms with Crippen molar-refractivity contribution in [2.24, 2.45) is 13.0 Å². The number of piperidine rings is 1. The Morgan fingerprint density at radius 1 is 0.983 bits per heavy atom. The molecule has 0 radical (unpaired) electrons. The van der Waals surface area contributed by atoms with Gasteiger partial charge in [-0.1, -0.05) is 18.0 Å². The van der Waals surface area contributed by atoms with Crippen LogP contribution < -0.4 is 26.6 Å². The Balaban J connectivity index is 0.751. The molecule has 2 aliphatic heterocycles. The number of hydrogen-bond donors (Lipinski definition) is 6. The lowest BCUT2D eigenvalue weighted by molar-refractivity contribution is -0.137. The molecular weight excluding hydrogens is 814 g/mol. The number of carboxylic acid groups (broad SMARTS) is 1. The second-order valence-corrected chi connectivity index (χ2v) is 17.4. The molecule has 1 saturated heterocycles. The van der Waals surface area contributed by atoms with Gasteiger partial charge in [-0.2, -0.15) is 5.10 Å². The first-order valence-corrected chi connectivity index (χ1v) is 22.0. The minimum atomic E-state index is -1.12. The maximum atomic E-state index is 12.9. The minimum Gasteiger partial charge on any atom is -0.465 e. The Labute approximate surface area is 356 Å². The van der Waals surface area contributed by atoms with E-state index in [-0.39, 0.29) is 68.3 Å². The third kappa shape index (κ3) is 10.6. The van der Waals surface area contributed by atoms with Crippen LogP contribution in [-0.4, -0.2) is 115 Å². The number of nitrogens with zero attached hydrogens (tertiary/aromatic N) is 6. The fraction of sp³-hybridized carbons (Fsp3) is 0.575. The molecule has 6 amide bonds. The van der Waals surface area contributed by atoms with Gasteiger partial charge in [-0.3, -0.25) is 38.9 Å². The number of fused-ring (bicyclic) bond motifs is 1. The van der Waals surface area contributed by atoms with E-state index in [1.165, 1.54) is 34.0 Å². The number of carbonyl (C=O) groups excluding carboxylic acids is 5. The maximum Gasteiger partial charge on any atom is 0.408 e. The topological polar surface area (TPSA) is 233 Å². The van der Waals surface area contributed by atoms with Gasteiger partial charge in [0.25, 0.3) is 5.91 Å². The van der Waals surface area contributed by atoms with Gasteiger partial charge < -0.3 is 31.3 Å². The zero-order chi connectivity index (χ0) is 42.3. The molecule has 1 atom stereocenters. The SMILES string of the molecule is Cn1ncc(-c2nc(N[C@H]3CC[C@H](N(CC(=O)NCCCCCNCC(=O)NCc4scc5c4CN(C4CCC(=O)NC4=O)C5=O)C(=O)O)CC3)ncc2Cl)c1CC1CC1. The molecule has 0 bridgehead atoms. The summed E-state index contributed by atoms with van der Waals surface area (Å²) in [5.41, 5.74) is 4.01. The van der Waals surface area contributed by atoms with Gasteiger partial charge in [0.1, 0.15) is 12.6 Å². The first-order chi connectivity index (χ1) is 28.9. The number of thiophene rings is 1. The fourth-order valence-electron chi connectivity index (χ4n) is 8.18. The van der Waals surface area contributed by atoms with Crippen LogP contribution in [0, 0.1) is 5.92 Å². The molecular formula is C40H52ClN11O7S. The predicted octanol–water partition coefficient (Wildman–Crippen LogP) is 3.20. The molecule has 20 heteroatoms. The van der Waals surface area contributed by atoms with Crippen LogP contribution in [0.3, 0.4) is 0 Å². The van der Waals surface area contributed by atoms with Crippen LogP contribution in [0.4, 0.5) is 10.7 Å². The number of hydrogen-bond acceptors (Lipinski definition) is 12. The average molecular weight is 866 g/mol. The Kier molecular flexibility index (Phi) is 14.0. The van der Waals surface area contributed by atoms with Gasteiger partial charge in [0.05, 0.1) is 41.8 Å². The van der Waals surface area contributed by atoms with Gasteiger partial charge in [0.2, 0.25) is 29.6 Å². The lowest BCUT2D eigenvalue weighted by Gasteiger charge is -2.35. The molecule has 3 aromatic rings. The summed E-state index contributed by atoms with van der Waals surface area (Å²) >= 11 is 7.94. The maximum absolute atomic E-state index is 12.9. The number of carbonyl (C=O) groups is 6. The highest BCUT2D eigenvalue weighted by atomic mass is 35.5. The van der Waals surface area contributed by atoms with Crippen molar-refractivity contribution in [2.75, 3.05) is 31.5 Å². The summed E-state index contributed by atoms with van der Waals surface area (Å²) in [5, 5.41) is 31.2. The van der Waals surface area contributed by atoms with Gasteiger partial charge in [-0.25, -0.2) is 14.8 Å². The number of anilines is 1. The molecule has 0 spiro atoms. The van der Waals surface area contributed by atoms with Gasteiger partial charge >= 0.3 is 6.09 Å². The Hall–Kier alpha value is -5.14. The van der Waals surface area contributed by atoms with Crippen molar-refractivity contribution in [2.45, 2.75) is 108 Å². The third-order valence-electron chi connectivity index (χ3n) is 11.7. The molecule has 322 valence electrons. The van der Waals surface area contributed by atoms with E-state index in [2.05, 4.69) is 36.7 Å². The summed E-state index contributed by atoms with van der Waals surface area (Å²) < 4.78 is 1.89. The Bertz CT molecular complexity index is 2100. The second kappa shape index (κ2) is 19.5. The van der Waals surface area contributed by atoms with Gasteiger partial charge in [-0.05, 0) is 82.2 Å². The number of aromatic nitrogens is 4. The molecule has 18 nitrogen and oxygen atoms in total. The number of halogens is 1. The van der Waals surface area contributed by atoms with Crippen LogP contribution in [0.25, 0.3) is 11.3 Å². The van der Waals surface area contributed by atoms with E-state index in [0.717, 1.165) is 41.0 Å². The molecule has 4 aliphatic rings. The molecule has 5 heterocycles. The highest BCUT2D eigenvalue weighted by molar-refractivity contribution is 7.10. The molecule has 2 aliphatic carbocycles.